The lowest BCUT2D eigenvalue weighted by molar-refractivity contribution is 1.20. The van der Waals surface area contributed by atoms with E-state index in [1.165, 1.54) is 44.4 Å². The van der Waals surface area contributed by atoms with Crippen LogP contribution in [0.3, 0.4) is 0 Å². The van der Waals surface area contributed by atoms with Crippen LogP contribution in [0.4, 0.5) is 11.4 Å². The molecule has 0 unspecified atom stereocenters. The summed E-state index contributed by atoms with van der Waals surface area (Å²) in [4.78, 5) is 2.32. The summed E-state index contributed by atoms with van der Waals surface area (Å²) in [5.41, 5.74) is 7.94. The molecule has 24 heavy (non-hydrogen) atoms. The van der Waals surface area contributed by atoms with E-state index >= 15 is 0 Å². The minimum absolute atomic E-state index is 1.30. The minimum Gasteiger partial charge on any atom is -0.344 e. The Bertz CT molecular complexity index is 846. The molecule has 0 fully saturated rings. The quantitative estimate of drug-likeness (QED) is 0.421. The molecule has 3 aromatic rings. The fourth-order valence-electron chi connectivity index (χ4n) is 3.31. The van der Waals surface area contributed by atoms with Gasteiger partial charge < -0.3 is 4.90 Å². The molecule has 4 rings (SSSR count). The number of nitrogens with zero attached hydrogens (tertiary/aromatic N) is 1. The van der Waals surface area contributed by atoms with Crippen LogP contribution in [0.5, 0.6) is 0 Å². The van der Waals surface area contributed by atoms with Crippen molar-refractivity contribution in [2.24, 2.45) is 0 Å². The third kappa shape index (κ3) is 2.80. The second kappa shape index (κ2) is 7.53. The molecule has 0 aliphatic carbocycles. The second-order valence-corrected chi connectivity index (χ2v) is 5.71. The van der Waals surface area contributed by atoms with Crippen LogP contribution in [0.2, 0.25) is 0 Å². The maximum Gasteiger partial charge on any atom is 0.0494 e. The van der Waals surface area contributed by atoms with Crippen molar-refractivity contribution >= 4 is 22.1 Å². The van der Waals surface area contributed by atoms with E-state index in [-0.39, 0.29) is 0 Å². The molecular weight excluding hydrogens is 290 g/mol. The number of rotatable bonds is 0. The largest absolute Gasteiger partial charge is 0.344 e. The number of hydrogen-bond acceptors (Lipinski definition) is 1. The van der Waals surface area contributed by atoms with Gasteiger partial charge in [-0.15, -0.1) is 0 Å². The molecule has 0 spiro atoms. The van der Waals surface area contributed by atoms with Gasteiger partial charge in [-0.05, 0) is 48.1 Å². The standard InChI is InChI=1S/C19H17N.2C2H6/c1-12-7-9-15-16-6-4-5-14-13(2)8-10-17(19(14)16)20(3)18(15)11-12;2*1-2/h4-11H,1-3H3;2*1-2H3. The number of aryl methyl sites for hydroxylation is 2. The summed E-state index contributed by atoms with van der Waals surface area (Å²) < 4.78 is 0. The topological polar surface area (TPSA) is 3.24 Å². The first-order valence-corrected chi connectivity index (χ1v) is 9.04. The van der Waals surface area contributed by atoms with Crippen molar-refractivity contribution in [1.82, 2.24) is 0 Å². The van der Waals surface area contributed by atoms with Crippen molar-refractivity contribution in [1.29, 1.82) is 0 Å². The molecule has 0 aromatic heterocycles. The Morgan fingerprint density at radius 1 is 0.708 bits per heavy atom. The van der Waals surface area contributed by atoms with E-state index in [2.05, 4.69) is 74.3 Å². The van der Waals surface area contributed by atoms with Gasteiger partial charge in [0.15, 0.2) is 0 Å². The fraction of sp³-hybridized carbons (Fsp3) is 0.304. The molecule has 0 amide bonds. The van der Waals surface area contributed by atoms with Gasteiger partial charge in [0.05, 0.1) is 0 Å². The summed E-state index contributed by atoms with van der Waals surface area (Å²) in [6.07, 6.45) is 0. The normalized spacial score (nSPS) is 11.0. The fourth-order valence-corrected chi connectivity index (χ4v) is 3.31. The van der Waals surface area contributed by atoms with E-state index in [1.807, 2.05) is 27.7 Å². The lowest BCUT2D eigenvalue weighted by Crippen LogP contribution is -2.15. The van der Waals surface area contributed by atoms with Crippen molar-refractivity contribution in [2.45, 2.75) is 41.5 Å². The molecule has 1 nitrogen and oxygen atoms in total. The molecule has 0 N–H and O–H groups in total. The Labute approximate surface area is 146 Å². The molecule has 0 bridgehead atoms. The van der Waals surface area contributed by atoms with Crippen LogP contribution in [-0.4, -0.2) is 7.05 Å². The first-order chi connectivity index (χ1) is 11.7. The van der Waals surface area contributed by atoms with Gasteiger partial charge in [-0.2, -0.15) is 0 Å². The summed E-state index contributed by atoms with van der Waals surface area (Å²) in [5.74, 6) is 0. The predicted molar refractivity (Wildman–Crippen MR) is 110 cm³/mol. The van der Waals surface area contributed by atoms with E-state index in [4.69, 9.17) is 0 Å². The Balaban J connectivity index is 0.000000487. The van der Waals surface area contributed by atoms with Crippen molar-refractivity contribution in [2.75, 3.05) is 11.9 Å². The van der Waals surface area contributed by atoms with Gasteiger partial charge in [-0.1, -0.05) is 64.1 Å². The average Bonchev–Trinajstić information content (AvgIpc) is 2.64. The van der Waals surface area contributed by atoms with Gasteiger partial charge in [0.25, 0.3) is 0 Å². The average molecular weight is 319 g/mol. The third-order valence-electron chi connectivity index (χ3n) is 4.40. The number of fused-ring (bicyclic) bond motifs is 2. The van der Waals surface area contributed by atoms with E-state index in [9.17, 15) is 0 Å². The summed E-state index contributed by atoms with van der Waals surface area (Å²) in [6, 6.07) is 17.8. The van der Waals surface area contributed by atoms with Crippen LogP contribution >= 0.6 is 0 Å². The summed E-state index contributed by atoms with van der Waals surface area (Å²) in [5, 5.41) is 2.74. The SMILES string of the molecule is CC.CC.Cc1ccc2c(c1)N(C)c1ccc(C)c3cccc-2c13. The van der Waals surface area contributed by atoms with Gasteiger partial charge >= 0.3 is 0 Å². The Kier molecular flexibility index (Phi) is 5.66. The number of anilines is 2. The first-order valence-electron chi connectivity index (χ1n) is 9.04. The highest BCUT2D eigenvalue weighted by Gasteiger charge is 2.22. The molecule has 1 heterocycles. The van der Waals surface area contributed by atoms with Crippen molar-refractivity contribution in [3.8, 4) is 11.1 Å². The van der Waals surface area contributed by atoms with Crippen LogP contribution in [0.1, 0.15) is 38.8 Å². The molecule has 0 radical (unpaired) electrons. The molecule has 1 heteroatoms. The third-order valence-corrected chi connectivity index (χ3v) is 4.40. The molecule has 126 valence electrons. The highest BCUT2D eigenvalue weighted by molar-refractivity contribution is 6.12. The zero-order valence-corrected chi connectivity index (χ0v) is 16.1. The van der Waals surface area contributed by atoms with Crippen molar-refractivity contribution < 1.29 is 0 Å². The van der Waals surface area contributed by atoms with Crippen LogP contribution in [0.25, 0.3) is 21.9 Å². The Hall–Kier alpha value is -2.28. The number of benzene rings is 3. The van der Waals surface area contributed by atoms with E-state index < -0.39 is 0 Å². The van der Waals surface area contributed by atoms with E-state index in [0.29, 0.717) is 0 Å². The lowest BCUT2D eigenvalue weighted by atomic mass is 9.89. The molecule has 1 aliphatic heterocycles. The zero-order chi connectivity index (χ0) is 17.9. The van der Waals surface area contributed by atoms with Crippen LogP contribution in [-0.2, 0) is 0 Å². The van der Waals surface area contributed by atoms with Gasteiger partial charge in [-0.25, -0.2) is 0 Å². The highest BCUT2D eigenvalue weighted by Crippen LogP contribution is 2.47. The maximum atomic E-state index is 2.32. The second-order valence-electron chi connectivity index (χ2n) is 5.71. The van der Waals surface area contributed by atoms with E-state index in [1.54, 1.807) is 0 Å². The summed E-state index contributed by atoms with van der Waals surface area (Å²) in [7, 11) is 2.16. The Morgan fingerprint density at radius 3 is 2.12 bits per heavy atom. The van der Waals surface area contributed by atoms with Crippen molar-refractivity contribution in [3.05, 3.63) is 59.7 Å². The van der Waals surface area contributed by atoms with Gasteiger partial charge in [-0.3, -0.25) is 0 Å². The number of hydrogen-bond donors (Lipinski definition) is 0. The zero-order valence-electron chi connectivity index (χ0n) is 16.1. The minimum atomic E-state index is 1.30. The molecule has 0 saturated heterocycles. The first kappa shape index (κ1) is 18.1. The van der Waals surface area contributed by atoms with Gasteiger partial charge in [0.1, 0.15) is 0 Å². The van der Waals surface area contributed by atoms with E-state index in [0.717, 1.165) is 0 Å². The van der Waals surface area contributed by atoms with Gasteiger partial charge in [0.2, 0.25) is 0 Å². The summed E-state index contributed by atoms with van der Waals surface area (Å²) in [6.45, 7) is 12.3. The molecular formula is C23H29N. The van der Waals surface area contributed by atoms with Crippen LogP contribution in [0, 0.1) is 13.8 Å². The Morgan fingerprint density at radius 2 is 1.42 bits per heavy atom. The van der Waals surface area contributed by atoms with Crippen LogP contribution < -0.4 is 4.90 Å². The van der Waals surface area contributed by atoms with Gasteiger partial charge in [0, 0.05) is 29.4 Å². The van der Waals surface area contributed by atoms with Crippen LogP contribution in [0.15, 0.2) is 48.5 Å². The molecule has 0 atom stereocenters. The lowest BCUT2D eigenvalue weighted by Gasteiger charge is -2.31. The van der Waals surface area contributed by atoms with Crippen molar-refractivity contribution in [3.63, 3.8) is 0 Å². The monoisotopic (exact) mass is 319 g/mol. The smallest absolute Gasteiger partial charge is 0.0494 e. The molecule has 0 saturated carbocycles. The molecule has 3 aromatic carbocycles. The highest BCUT2D eigenvalue weighted by atomic mass is 15.1. The maximum absolute atomic E-state index is 2.32. The predicted octanol–water partition coefficient (Wildman–Crippen LogP) is 7.26. The molecule has 1 aliphatic rings. The summed E-state index contributed by atoms with van der Waals surface area (Å²) >= 11 is 0.